The summed E-state index contributed by atoms with van der Waals surface area (Å²) in [6.07, 6.45) is 4.91. The lowest BCUT2D eigenvalue weighted by molar-refractivity contribution is -0.114. The van der Waals surface area contributed by atoms with Gasteiger partial charge >= 0.3 is 0 Å². The van der Waals surface area contributed by atoms with Crippen LogP contribution in [0.25, 0.3) is 11.0 Å². The second-order valence-corrected chi connectivity index (χ2v) is 8.60. The Labute approximate surface area is 203 Å². The summed E-state index contributed by atoms with van der Waals surface area (Å²) in [4.78, 5) is 33.9. The van der Waals surface area contributed by atoms with Gasteiger partial charge in [-0.25, -0.2) is 4.98 Å². The number of carbonyl (C=O) groups excluding carboxylic acids is 2. The molecule has 2 aromatic heterocycles. The number of anilines is 1. The smallest absolute Gasteiger partial charge is 0.251 e. The number of fused-ring (bicyclic) bond motifs is 2. The van der Waals surface area contributed by atoms with E-state index in [0.29, 0.717) is 36.5 Å². The maximum absolute atomic E-state index is 13.1. The molecule has 2 aromatic carbocycles. The normalized spacial score (nSPS) is 14.9. The molecule has 3 heterocycles. The van der Waals surface area contributed by atoms with Crippen molar-refractivity contribution in [3.8, 4) is 0 Å². The van der Waals surface area contributed by atoms with Crippen molar-refractivity contribution in [1.82, 2.24) is 19.9 Å². The first-order valence-electron chi connectivity index (χ1n) is 11.7. The molecule has 1 atom stereocenters. The Balaban J connectivity index is 1.36. The highest BCUT2D eigenvalue weighted by Crippen LogP contribution is 2.28. The minimum absolute atomic E-state index is 0.187. The molecular weight excluding hydrogens is 442 g/mol. The van der Waals surface area contributed by atoms with Crippen LogP contribution in [-0.4, -0.2) is 39.5 Å². The molecule has 0 aliphatic carbocycles. The predicted molar refractivity (Wildman–Crippen MR) is 133 cm³/mol. The van der Waals surface area contributed by atoms with Gasteiger partial charge in [-0.2, -0.15) is 0 Å². The number of hydrogen-bond donors (Lipinski definition) is 2. The van der Waals surface area contributed by atoms with Crippen LogP contribution in [0.3, 0.4) is 0 Å². The number of benzene rings is 2. The molecule has 1 aliphatic rings. The van der Waals surface area contributed by atoms with Gasteiger partial charge in [0.25, 0.3) is 5.91 Å². The number of imidazole rings is 1. The molecule has 0 bridgehead atoms. The fraction of sp³-hybridized carbons (Fsp3) is 0.259. The van der Waals surface area contributed by atoms with Gasteiger partial charge < -0.3 is 19.9 Å². The highest BCUT2D eigenvalue weighted by molar-refractivity contribution is 6.05. The van der Waals surface area contributed by atoms with E-state index in [-0.39, 0.29) is 17.9 Å². The van der Waals surface area contributed by atoms with Gasteiger partial charge in [0.1, 0.15) is 6.10 Å². The van der Waals surface area contributed by atoms with Crippen LogP contribution < -0.4 is 10.6 Å². The van der Waals surface area contributed by atoms with Gasteiger partial charge in [-0.05, 0) is 41.8 Å². The Morgan fingerprint density at radius 3 is 2.80 bits per heavy atom. The number of ether oxygens (including phenoxy) is 1. The summed E-state index contributed by atoms with van der Waals surface area (Å²) < 4.78 is 7.89. The number of carbonyl (C=O) groups is 2. The Morgan fingerprint density at radius 1 is 1.11 bits per heavy atom. The third kappa shape index (κ3) is 5.07. The zero-order valence-electron chi connectivity index (χ0n) is 19.5. The molecule has 0 fully saturated rings. The van der Waals surface area contributed by atoms with Gasteiger partial charge in [0.2, 0.25) is 5.91 Å². The molecule has 8 heteroatoms. The Bertz CT molecular complexity index is 1370. The number of pyridine rings is 1. The molecule has 5 rings (SSSR count). The van der Waals surface area contributed by atoms with Gasteiger partial charge in [-0.1, -0.05) is 30.3 Å². The molecule has 0 radical (unpaired) electrons. The van der Waals surface area contributed by atoms with E-state index in [1.165, 1.54) is 12.5 Å². The third-order valence-corrected chi connectivity index (χ3v) is 6.16. The SMILES string of the molecule is CC(=O)Nc1cc(C(=O)NC[C@@H]2OCCc3ccccc32)cc2ncn(CCc3ccccn3)c12. The molecule has 2 N–H and O–H groups in total. The lowest BCUT2D eigenvalue weighted by Crippen LogP contribution is -2.32. The molecule has 35 heavy (non-hydrogen) atoms. The third-order valence-electron chi connectivity index (χ3n) is 6.16. The van der Waals surface area contributed by atoms with Crippen LogP contribution >= 0.6 is 0 Å². The van der Waals surface area contributed by atoms with E-state index < -0.39 is 0 Å². The van der Waals surface area contributed by atoms with E-state index in [2.05, 4.69) is 26.7 Å². The van der Waals surface area contributed by atoms with Gasteiger partial charge in [0.15, 0.2) is 0 Å². The molecule has 0 unspecified atom stereocenters. The van der Waals surface area contributed by atoms with Crippen molar-refractivity contribution in [3.05, 3.63) is 89.5 Å². The van der Waals surface area contributed by atoms with Crippen LogP contribution in [0.1, 0.15) is 40.2 Å². The van der Waals surface area contributed by atoms with Crippen LogP contribution in [0.15, 0.2) is 67.1 Å². The fourth-order valence-corrected chi connectivity index (χ4v) is 4.51. The number of amides is 2. The monoisotopic (exact) mass is 469 g/mol. The van der Waals surface area contributed by atoms with Crippen LogP contribution in [0.4, 0.5) is 5.69 Å². The Kier molecular flexibility index (Phi) is 6.54. The summed E-state index contributed by atoms with van der Waals surface area (Å²) in [5.74, 6) is -0.457. The zero-order chi connectivity index (χ0) is 24.2. The lowest BCUT2D eigenvalue weighted by Gasteiger charge is -2.26. The maximum atomic E-state index is 13.1. The zero-order valence-corrected chi connectivity index (χ0v) is 19.5. The van der Waals surface area contributed by atoms with Gasteiger partial charge in [-0.3, -0.25) is 14.6 Å². The summed E-state index contributed by atoms with van der Waals surface area (Å²) in [5.41, 5.74) is 5.73. The molecule has 0 saturated carbocycles. The summed E-state index contributed by atoms with van der Waals surface area (Å²) >= 11 is 0. The van der Waals surface area contributed by atoms with E-state index in [9.17, 15) is 9.59 Å². The number of rotatable bonds is 7. The van der Waals surface area contributed by atoms with E-state index in [4.69, 9.17) is 4.74 Å². The molecule has 0 saturated heterocycles. The Morgan fingerprint density at radius 2 is 1.97 bits per heavy atom. The number of aryl methyl sites for hydroxylation is 2. The van der Waals surface area contributed by atoms with Crippen LogP contribution in [-0.2, 0) is 28.9 Å². The molecular formula is C27H27N5O3. The van der Waals surface area contributed by atoms with Crippen LogP contribution in [0.5, 0.6) is 0 Å². The summed E-state index contributed by atoms with van der Waals surface area (Å²) in [7, 11) is 0. The average molecular weight is 470 g/mol. The minimum Gasteiger partial charge on any atom is -0.371 e. The Hall–Kier alpha value is -4.04. The number of hydrogen-bond acceptors (Lipinski definition) is 5. The van der Waals surface area contributed by atoms with E-state index in [0.717, 1.165) is 29.6 Å². The first-order chi connectivity index (χ1) is 17.1. The molecule has 4 aromatic rings. The first kappa shape index (κ1) is 22.7. The highest BCUT2D eigenvalue weighted by atomic mass is 16.5. The van der Waals surface area contributed by atoms with Crippen molar-refractivity contribution in [2.75, 3.05) is 18.5 Å². The van der Waals surface area contributed by atoms with Crippen molar-refractivity contribution >= 4 is 28.5 Å². The molecule has 8 nitrogen and oxygen atoms in total. The molecule has 2 amide bonds. The van der Waals surface area contributed by atoms with Crippen molar-refractivity contribution < 1.29 is 14.3 Å². The van der Waals surface area contributed by atoms with Gasteiger partial charge in [-0.15, -0.1) is 0 Å². The van der Waals surface area contributed by atoms with E-state index >= 15 is 0 Å². The lowest BCUT2D eigenvalue weighted by atomic mass is 9.97. The van der Waals surface area contributed by atoms with Crippen molar-refractivity contribution in [2.24, 2.45) is 0 Å². The number of nitrogens with one attached hydrogen (secondary N) is 2. The largest absolute Gasteiger partial charge is 0.371 e. The first-order valence-corrected chi connectivity index (χ1v) is 11.7. The minimum atomic E-state index is -0.242. The highest BCUT2D eigenvalue weighted by Gasteiger charge is 2.22. The van der Waals surface area contributed by atoms with Gasteiger partial charge in [0.05, 0.1) is 29.7 Å². The summed E-state index contributed by atoms with van der Waals surface area (Å²) in [5, 5.41) is 5.85. The predicted octanol–water partition coefficient (Wildman–Crippen LogP) is 3.68. The second kappa shape index (κ2) is 10.1. The number of aromatic nitrogens is 3. The fourth-order valence-electron chi connectivity index (χ4n) is 4.51. The van der Waals surface area contributed by atoms with Gasteiger partial charge in [0, 0.05) is 43.9 Å². The molecule has 178 valence electrons. The quantitative estimate of drug-likeness (QED) is 0.430. The number of nitrogens with zero attached hydrogens (tertiary/aromatic N) is 3. The summed E-state index contributed by atoms with van der Waals surface area (Å²) in [6, 6.07) is 17.4. The summed E-state index contributed by atoms with van der Waals surface area (Å²) in [6.45, 7) is 3.09. The molecule has 1 aliphatic heterocycles. The van der Waals surface area contributed by atoms with Crippen molar-refractivity contribution in [3.63, 3.8) is 0 Å². The topological polar surface area (TPSA) is 98.1 Å². The van der Waals surface area contributed by atoms with Crippen molar-refractivity contribution in [1.29, 1.82) is 0 Å². The average Bonchev–Trinajstić information content (AvgIpc) is 3.29. The van der Waals surface area contributed by atoms with Crippen molar-refractivity contribution in [2.45, 2.75) is 32.4 Å². The second-order valence-electron chi connectivity index (χ2n) is 8.60. The van der Waals surface area contributed by atoms with E-state index in [1.54, 1.807) is 24.7 Å². The van der Waals surface area contributed by atoms with Crippen LogP contribution in [0, 0.1) is 0 Å². The maximum Gasteiger partial charge on any atom is 0.251 e. The standard InChI is InChI=1S/C27H27N5O3/c1-18(33)31-24-15-20(27(34)29-16-25-22-8-3-2-6-19(22)10-13-35-25)14-23-26(24)32(17-30-23)12-9-21-7-4-5-11-28-21/h2-8,11,14-15,17,25H,9-10,12-13,16H2,1H3,(H,29,34)(H,31,33)/t25-/m0/s1. The van der Waals surface area contributed by atoms with E-state index in [1.807, 2.05) is 41.0 Å². The van der Waals surface area contributed by atoms with Crippen LogP contribution in [0.2, 0.25) is 0 Å². The molecule has 0 spiro atoms.